The fraction of sp³-hybridized carbons (Fsp3) is 0.364. The summed E-state index contributed by atoms with van der Waals surface area (Å²) in [7, 11) is 0. The van der Waals surface area contributed by atoms with Crippen molar-refractivity contribution in [3.63, 3.8) is 0 Å². The van der Waals surface area contributed by atoms with Crippen LogP contribution in [0.25, 0.3) is 0 Å². The normalized spacial score (nSPS) is 18.5. The quantitative estimate of drug-likeness (QED) is 0.678. The lowest BCUT2D eigenvalue weighted by atomic mass is 10.0. The van der Waals surface area contributed by atoms with E-state index in [0.29, 0.717) is 12.3 Å². The summed E-state index contributed by atoms with van der Waals surface area (Å²) in [6, 6.07) is 3.72. The van der Waals surface area contributed by atoms with Crippen LogP contribution in [0.3, 0.4) is 0 Å². The number of benzene rings is 1. The molecule has 0 bridgehead atoms. The third kappa shape index (κ3) is 1.37. The second kappa shape index (κ2) is 3.24. The lowest BCUT2D eigenvalue weighted by molar-refractivity contribution is 0.0993. The van der Waals surface area contributed by atoms with Crippen molar-refractivity contribution in [3.05, 3.63) is 23.3 Å². The maximum atomic E-state index is 11.7. The summed E-state index contributed by atoms with van der Waals surface area (Å²) in [5, 5.41) is 3.09. The molecule has 15 heavy (non-hydrogen) atoms. The number of hydrogen-bond donors (Lipinski definition) is 1. The Morgan fingerprint density at radius 1 is 1.20 bits per heavy atom. The molecular weight excluding hydrogens is 194 g/mol. The number of ether oxygens (including phenoxy) is 2. The zero-order valence-electron chi connectivity index (χ0n) is 8.21. The first kappa shape index (κ1) is 8.73. The molecule has 0 aliphatic carbocycles. The van der Waals surface area contributed by atoms with Crippen LogP contribution in [0.2, 0.25) is 0 Å². The van der Waals surface area contributed by atoms with Crippen LogP contribution in [-0.4, -0.2) is 25.7 Å². The van der Waals surface area contributed by atoms with Crippen molar-refractivity contribution in [1.82, 2.24) is 5.32 Å². The van der Waals surface area contributed by atoms with Gasteiger partial charge >= 0.3 is 0 Å². The van der Waals surface area contributed by atoms with Gasteiger partial charge in [-0.15, -0.1) is 0 Å². The molecule has 0 amide bonds. The van der Waals surface area contributed by atoms with E-state index in [4.69, 9.17) is 9.47 Å². The van der Waals surface area contributed by atoms with Gasteiger partial charge < -0.3 is 14.8 Å². The third-order valence-electron chi connectivity index (χ3n) is 2.76. The average Bonchev–Trinajstić information content (AvgIpc) is 2.62. The molecule has 0 saturated carbocycles. The number of ketones is 1. The Bertz CT molecular complexity index is 428. The van der Waals surface area contributed by atoms with E-state index in [2.05, 4.69) is 5.32 Å². The van der Waals surface area contributed by atoms with Gasteiger partial charge in [0.15, 0.2) is 17.3 Å². The second-order valence-electron chi connectivity index (χ2n) is 3.71. The zero-order chi connectivity index (χ0) is 10.3. The Morgan fingerprint density at radius 2 is 2.00 bits per heavy atom. The first-order valence-corrected chi connectivity index (χ1v) is 5.01. The molecule has 78 valence electrons. The minimum absolute atomic E-state index is 0.126. The largest absolute Gasteiger partial charge is 0.454 e. The fourth-order valence-corrected chi connectivity index (χ4v) is 1.97. The highest BCUT2D eigenvalue weighted by atomic mass is 16.7. The van der Waals surface area contributed by atoms with Gasteiger partial charge in [0.05, 0.1) is 6.54 Å². The highest BCUT2D eigenvalue weighted by molar-refractivity contribution is 6.00. The van der Waals surface area contributed by atoms with Crippen LogP contribution >= 0.6 is 0 Å². The summed E-state index contributed by atoms with van der Waals surface area (Å²) >= 11 is 0. The molecule has 0 spiro atoms. The van der Waals surface area contributed by atoms with E-state index >= 15 is 0 Å². The molecule has 2 aliphatic heterocycles. The molecule has 2 aliphatic rings. The molecule has 1 aromatic rings. The molecule has 4 nitrogen and oxygen atoms in total. The number of fused-ring (bicyclic) bond motifs is 2. The van der Waals surface area contributed by atoms with E-state index < -0.39 is 0 Å². The number of carbonyl (C=O) groups excluding carboxylic acids is 1. The van der Waals surface area contributed by atoms with Crippen LogP contribution in [0.4, 0.5) is 0 Å². The van der Waals surface area contributed by atoms with E-state index in [1.165, 1.54) is 0 Å². The second-order valence-corrected chi connectivity index (χ2v) is 3.71. The van der Waals surface area contributed by atoms with Crippen molar-refractivity contribution >= 4 is 5.78 Å². The summed E-state index contributed by atoms with van der Waals surface area (Å²) in [5.41, 5.74) is 1.82. The molecule has 4 heteroatoms. The fourth-order valence-electron chi connectivity index (χ4n) is 1.97. The Morgan fingerprint density at radius 3 is 2.87 bits per heavy atom. The van der Waals surface area contributed by atoms with Crippen molar-refractivity contribution in [2.24, 2.45) is 0 Å². The van der Waals surface area contributed by atoms with Crippen molar-refractivity contribution in [3.8, 4) is 11.5 Å². The maximum Gasteiger partial charge on any atom is 0.231 e. The molecule has 2 heterocycles. The van der Waals surface area contributed by atoms with Crippen molar-refractivity contribution in [1.29, 1.82) is 0 Å². The molecule has 0 unspecified atom stereocenters. The van der Waals surface area contributed by atoms with Gasteiger partial charge in [0.1, 0.15) is 0 Å². The van der Waals surface area contributed by atoms with Gasteiger partial charge in [-0.25, -0.2) is 0 Å². The molecule has 0 fully saturated rings. The lowest BCUT2D eigenvalue weighted by Gasteiger charge is -2.05. The summed E-state index contributed by atoms with van der Waals surface area (Å²) in [6.45, 7) is 1.50. The maximum absolute atomic E-state index is 11.7. The smallest absolute Gasteiger partial charge is 0.231 e. The SMILES string of the molecule is O=C1CNCCc2cc3c(cc21)OCO3. The first-order valence-electron chi connectivity index (χ1n) is 5.01. The van der Waals surface area contributed by atoms with E-state index in [9.17, 15) is 4.79 Å². The first-order chi connectivity index (χ1) is 7.34. The average molecular weight is 205 g/mol. The summed E-state index contributed by atoms with van der Waals surface area (Å²) in [4.78, 5) is 11.7. The van der Waals surface area contributed by atoms with Gasteiger partial charge in [0.25, 0.3) is 0 Å². The highest BCUT2D eigenvalue weighted by Crippen LogP contribution is 2.35. The van der Waals surface area contributed by atoms with Gasteiger partial charge in [0, 0.05) is 5.56 Å². The lowest BCUT2D eigenvalue weighted by Crippen LogP contribution is -2.21. The van der Waals surface area contributed by atoms with Crippen molar-refractivity contribution < 1.29 is 14.3 Å². The predicted octanol–water partition coefficient (Wildman–Crippen LogP) is 0.744. The van der Waals surface area contributed by atoms with E-state index in [0.717, 1.165) is 29.8 Å². The van der Waals surface area contributed by atoms with Crippen LogP contribution in [-0.2, 0) is 6.42 Å². The van der Waals surface area contributed by atoms with Gasteiger partial charge in [-0.2, -0.15) is 0 Å². The monoisotopic (exact) mass is 205 g/mol. The number of rotatable bonds is 0. The third-order valence-corrected chi connectivity index (χ3v) is 2.76. The highest BCUT2D eigenvalue weighted by Gasteiger charge is 2.21. The zero-order valence-corrected chi connectivity index (χ0v) is 8.21. The van der Waals surface area contributed by atoms with E-state index in [1.807, 2.05) is 6.07 Å². The molecule has 3 rings (SSSR count). The Hall–Kier alpha value is -1.55. The number of nitrogens with one attached hydrogen (secondary N) is 1. The Labute approximate surface area is 87.2 Å². The number of hydrogen-bond acceptors (Lipinski definition) is 4. The van der Waals surface area contributed by atoms with Gasteiger partial charge in [-0.3, -0.25) is 4.79 Å². The number of carbonyl (C=O) groups is 1. The van der Waals surface area contributed by atoms with Crippen molar-refractivity contribution in [2.45, 2.75) is 6.42 Å². The number of Topliss-reactive ketones (excluding diaryl/α,β-unsaturated/α-hetero) is 1. The van der Waals surface area contributed by atoms with Crippen LogP contribution in [0.15, 0.2) is 12.1 Å². The minimum atomic E-state index is 0.126. The van der Waals surface area contributed by atoms with E-state index in [1.54, 1.807) is 6.07 Å². The Kier molecular flexibility index (Phi) is 1.89. The van der Waals surface area contributed by atoms with Crippen LogP contribution in [0.5, 0.6) is 11.5 Å². The minimum Gasteiger partial charge on any atom is -0.454 e. The van der Waals surface area contributed by atoms with E-state index in [-0.39, 0.29) is 12.6 Å². The molecule has 0 saturated heterocycles. The van der Waals surface area contributed by atoms with Crippen molar-refractivity contribution in [2.75, 3.05) is 19.9 Å². The molecule has 1 aromatic carbocycles. The molecular formula is C11H11NO3. The molecule has 0 radical (unpaired) electrons. The topological polar surface area (TPSA) is 47.6 Å². The van der Waals surface area contributed by atoms with Crippen LogP contribution in [0.1, 0.15) is 15.9 Å². The standard InChI is InChI=1S/C11H11NO3/c13-9-5-12-2-1-7-3-10-11(4-8(7)9)15-6-14-10/h3-4,12H,1-2,5-6H2. The van der Waals surface area contributed by atoms with Crippen LogP contribution in [0, 0.1) is 0 Å². The van der Waals surface area contributed by atoms with Crippen LogP contribution < -0.4 is 14.8 Å². The summed E-state index contributed by atoms with van der Waals surface area (Å²) < 4.78 is 10.5. The molecule has 0 atom stereocenters. The summed E-state index contributed by atoms with van der Waals surface area (Å²) in [5.74, 6) is 1.56. The van der Waals surface area contributed by atoms with Gasteiger partial charge in [-0.05, 0) is 30.7 Å². The predicted molar refractivity (Wildman–Crippen MR) is 53.5 cm³/mol. The molecule has 0 aromatic heterocycles. The Balaban J connectivity index is 2.13. The van der Waals surface area contributed by atoms with Gasteiger partial charge in [0.2, 0.25) is 6.79 Å². The van der Waals surface area contributed by atoms with Gasteiger partial charge in [-0.1, -0.05) is 0 Å². The molecule has 1 N–H and O–H groups in total. The summed E-state index contributed by atoms with van der Waals surface area (Å²) in [6.07, 6.45) is 0.859.